The average Bonchev–Trinajstić information content (AvgIpc) is 2.82. The van der Waals surface area contributed by atoms with Crippen molar-refractivity contribution >= 4 is 11.7 Å². The largest absolute Gasteiger partial charge is 0.354 e. The molecule has 2 aromatic rings. The third-order valence-electron chi connectivity index (χ3n) is 4.29. The number of rotatable bonds is 8. The highest BCUT2D eigenvalue weighted by molar-refractivity contribution is 5.96. The van der Waals surface area contributed by atoms with Crippen molar-refractivity contribution in [3.8, 4) is 0 Å². The van der Waals surface area contributed by atoms with Gasteiger partial charge in [-0.3, -0.25) is 14.3 Å². The van der Waals surface area contributed by atoms with Crippen LogP contribution < -0.4 is 5.32 Å². The van der Waals surface area contributed by atoms with Gasteiger partial charge in [0.15, 0.2) is 5.78 Å². The first-order chi connectivity index (χ1) is 11.5. The van der Waals surface area contributed by atoms with Crippen molar-refractivity contribution in [2.45, 2.75) is 46.6 Å². The number of benzene rings is 1. The van der Waals surface area contributed by atoms with Crippen molar-refractivity contribution in [2.75, 3.05) is 6.54 Å². The van der Waals surface area contributed by atoms with E-state index in [1.807, 2.05) is 36.7 Å². The summed E-state index contributed by atoms with van der Waals surface area (Å²) in [7, 11) is 0. The first kappa shape index (κ1) is 17.9. The highest BCUT2D eigenvalue weighted by Crippen LogP contribution is 2.10. The molecule has 1 aromatic carbocycles. The fourth-order valence-electron chi connectivity index (χ4n) is 2.57. The van der Waals surface area contributed by atoms with E-state index in [-0.39, 0.29) is 11.7 Å². The summed E-state index contributed by atoms with van der Waals surface area (Å²) in [6.07, 6.45) is 1.33. The van der Waals surface area contributed by atoms with Crippen LogP contribution in [0.2, 0.25) is 0 Å². The minimum Gasteiger partial charge on any atom is -0.354 e. The molecule has 5 heteroatoms. The Hall–Kier alpha value is -2.43. The number of ketones is 1. The predicted molar refractivity (Wildman–Crippen MR) is 94.1 cm³/mol. The fourth-order valence-corrected chi connectivity index (χ4v) is 2.57. The summed E-state index contributed by atoms with van der Waals surface area (Å²) in [6, 6.07) is 9.19. The number of amides is 1. The lowest BCUT2D eigenvalue weighted by molar-refractivity contribution is -0.121. The molecule has 0 aliphatic heterocycles. The Bertz CT molecular complexity index is 705. The van der Waals surface area contributed by atoms with E-state index >= 15 is 0 Å². The Morgan fingerprint density at radius 3 is 2.42 bits per heavy atom. The quantitative estimate of drug-likeness (QED) is 0.758. The van der Waals surface area contributed by atoms with Crippen LogP contribution in [0.3, 0.4) is 0 Å². The second-order valence-corrected chi connectivity index (χ2v) is 6.01. The molecule has 0 bridgehead atoms. The number of nitrogens with zero attached hydrogens (tertiary/aromatic N) is 2. The molecule has 1 N–H and O–H groups in total. The number of hydrogen-bond acceptors (Lipinski definition) is 3. The zero-order valence-corrected chi connectivity index (χ0v) is 14.6. The van der Waals surface area contributed by atoms with Crippen molar-refractivity contribution in [3.05, 3.63) is 52.8 Å². The lowest BCUT2D eigenvalue weighted by Crippen LogP contribution is -2.27. The molecule has 0 atom stereocenters. The van der Waals surface area contributed by atoms with Gasteiger partial charge in [0, 0.05) is 30.6 Å². The van der Waals surface area contributed by atoms with E-state index < -0.39 is 0 Å². The second kappa shape index (κ2) is 8.43. The van der Waals surface area contributed by atoms with Crippen molar-refractivity contribution in [1.29, 1.82) is 0 Å². The van der Waals surface area contributed by atoms with Crippen LogP contribution in [0.25, 0.3) is 0 Å². The Balaban J connectivity index is 1.67. The molecule has 24 heavy (non-hydrogen) atoms. The van der Waals surface area contributed by atoms with Gasteiger partial charge in [-0.1, -0.05) is 30.3 Å². The highest BCUT2D eigenvalue weighted by Gasteiger charge is 2.09. The second-order valence-electron chi connectivity index (χ2n) is 6.01. The molecule has 1 aromatic heterocycles. The Kier molecular flexibility index (Phi) is 6.29. The van der Waals surface area contributed by atoms with Gasteiger partial charge in [-0.05, 0) is 32.8 Å². The Morgan fingerprint density at radius 1 is 1.08 bits per heavy atom. The molecule has 0 aliphatic carbocycles. The summed E-state index contributed by atoms with van der Waals surface area (Å²) in [5.74, 6) is 0.0654. The molecule has 2 rings (SSSR count). The Labute approximate surface area is 143 Å². The number of carbonyl (C=O) groups excluding carboxylic acids is 2. The summed E-state index contributed by atoms with van der Waals surface area (Å²) < 4.78 is 1.92. The van der Waals surface area contributed by atoms with Crippen LogP contribution in [0, 0.1) is 20.8 Å². The van der Waals surface area contributed by atoms with Gasteiger partial charge < -0.3 is 5.32 Å². The zero-order chi connectivity index (χ0) is 17.5. The molecule has 0 unspecified atom stereocenters. The summed E-state index contributed by atoms with van der Waals surface area (Å²) in [4.78, 5) is 23.8. The van der Waals surface area contributed by atoms with Gasteiger partial charge in [0.1, 0.15) is 0 Å². The number of hydrogen-bond donors (Lipinski definition) is 1. The lowest BCUT2D eigenvalue weighted by atomic mass is 10.1. The molecule has 0 aliphatic rings. The molecule has 0 saturated heterocycles. The average molecular weight is 327 g/mol. The summed E-state index contributed by atoms with van der Waals surface area (Å²) in [6.45, 7) is 7.28. The monoisotopic (exact) mass is 327 g/mol. The van der Waals surface area contributed by atoms with Crippen LogP contribution in [-0.2, 0) is 11.3 Å². The van der Waals surface area contributed by atoms with E-state index in [1.54, 1.807) is 12.1 Å². The van der Waals surface area contributed by atoms with E-state index in [2.05, 4.69) is 17.3 Å². The summed E-state index contributed by atoms with van der Waals surface area (Å²) in [5.41, 5.74) is 4.06. The first-order valence-electron chi connectivity index (χ1n) is 8.34. The molecule has 1 heterocycles. The molecular weight excluding hydrogens is 302 g/mol. The van der Waals surface area contributed by atoms with E-state index in [1.165, 1.54) is 5.56 Å². The molecule has 0 radical (unpaired) electrons. The number of carbonyl (C=O) groups is 2. The topological polar surface area (TPSA) is 64.0 Å². The predicted octanol–water partition coefficient (Wildman–Crippen LogP) is 2.98. The maximum absolute atomic E-state index is 12.0. The molecule has 0 saturated carbocycles. The van der Waals surface area contributed by atoms with E-state index in [0.29, 0.717) is 37.9 Å². The fraction of sp³-hybridized carbons (Fsp3) is 0.421. The van der Waals surface area contributed by atoms with Gasteiger partial charge in [-0.2, -0.15) is 5.10 Å². The van der Waals surface area contributed by atoms with Crippen LogP contribution in [0.5, 0.6) is 0 Å². The summed E-state index contributed by atoms with van der Waals surface area (Å²) in [5, 5.41) is 7.34. The van der Waals surface area contributed by atoms with Crippen LogP contribution >= 0.6 is 0 Å². The van der Waals surface area contributed by atoms with E-state index in [4.69, 9.17) is 0 Å². The molecule has 128 valence electrons. The standard InChI is InChI=1S/C19H25N3O2/c1-14-15(2)21-22(16(14)3)13-12-20-19(24)11-7-10-18(23)17-8-5-4-6-9-17/h4-6,8-9H,7,10-13H2,1-3H3,(H,20,24). The first-order valence-corrected chi connectivity index (χ1v) is 8.34. The highest BCUT2D eigenvalue weighted by atomic mass is 16.1. The van der Waals surface area contributed by atoms with Gasteiger partial charge in [0.05, 0.1) is 12.2 Å². The van der Waals surface area contributed by atoms with Crippen molar-refractivity contribution in [3.63, 3.8) is 0 Å². The molecule has 0 fully saturated rings. The van der Waals surface area contributed by atoms with E-state index in [9.17, 15) is 9.59 Å². The van der Waals surface area contributed by atoms with E-state index in [0.717, 1.165) is 11.4 Å². The van der Waals surface area contributed by atoms with Gasteiger partial charge in [0.25, 0.3) is 0 Å². The van der Waals surface area contributed by atoms with Gasteiger partial charge in [0.2, 0.25) is 5.91 Å². The summed E-state index contributed by atoms with van der Waals surface area (Å²) >= 11 is 0. The number of nitrogens with one attached hydrogen (secondary N) is 1. The van der Waals surface area contributed by atoms with Crippen molar-refractivity contribution in [2.24, 2.45) is 0 Å². The van der Waals surface area contributed by atoms with Crippen LogP contribution in [0.15, 0.2) is 30.3 Å². The molecular formula is C19H25N3O2. The van der Waals surface area contributed by atoms with Crippen LogP contribution in [-0.4, -0.2) is 28.0 Å². The third kappa shape index (κ3) is 4.78. The Morgan fingerprint density at radius 2 is 1.79 bits per heavy atom. The van der Waals surface area contributed by atoms with Crippen molar-refractivity contribution in [1.82, 2.24) is 15.1 Å². The number of aromatic nitrogens is 2. The van der Waals surface area contributed by atoms with Crippen molar-refractivity contribution < 1.29 is 9.59 Å². The zero-order valence-electron chi connectivity index (χ0n) is 14.6. The smallest absolute Gasteiger partial charge is 0.220 e. The van der Waals surface area contributed by atoms with Crippen LogP contribution in [0.1, 0.15) is 46.6 Å². The van der Waals surface area contributed by atoms with Gasteiger partial charge in [-0.25, -0.2) is 0 Å². The van der Waals surface area contributed by atoms with Gasteiger partial charge in [-0.15, -0.1) is 0 Å². The minimum atomic E-state index is -0.0193. The molecule has 0 spiro atoms. The number of aryl methyl sites for hydroxylation is 1. The minimum absolute atomic E-state index is 0.0193. The SMILES string of the molecule is Cc1nn(CCNC(=O)CCCC(=O)c2ccccc2)c(C)c1C. The lowest BCUT2D eigenvalue weighted by Gasteiger charge is -2.07. The maximum Gasteiger partial charge on any atom is 0.220 e. The maximum atomic E-state index is 12.0. The molecule has 1 amide bonds. The normalized spacial score (nSPS) is 10.6. The molecule has 5 nitrogen and oxygen atoms in total. The van der Waals surface area contributed by atoms with Crippen LogP contribution in [0.4, 0.5) is 0 Å². The number of Topliss-reactive ketones (excluding diaryl/α,β-unsaturated/α-hetero) is 1. The van der Waals surface area contributed by atoms with Gasteiger partial charge >= 0.3 is 0 Å². The third-order valence-corrected chi connectivity index (χ3v) is 4.29.